The van der Waals surface area contributed by atoms with Gasteiger partial charge in [-0.05, 0) is 26.7 Å². The molecule has 1 aliphatic heterocycles. The predicted molar refractivity (Wildman–Crippen MR) is 82.3 cm³/mol. The first-order chi connectivity index (χ1) is 9.69. The maximum Gasteiger partial charge on any atom is 0.137 e. The zero-order chi connectivity index (χ0) is 14.5. The first-order valence-corrected chi connectivity index (χ1v) is 7.66. The maximum atomic E-state index is 9.31. The summed E-state index contributed by atoms with van der Waals surface area (Å²) in [6.07, 6.45) is 3.00. The molecule has 1 aromatic heterocycles. The summed E-state index contributed by atoms with van der Waals surface area (Å²) in [5.41, 5.74) is 1.12. The van der Waals surface area contributed by atoms with E-state index in [2.05, 4.69) is 36.0 Å². The van der Waals surface area contributed by atoms with E-state index in [-0.39, 0.29) is 6.61 Å². The molecule has 0 spiro atoms. The van der Waals surface area contributed by atoms with Crippen molar-refractivity contribution in [3.8, 4) is 0 Å². The Morgan fingerprint density at radius 1 is 1.35 bits per heavy atom. The summed E-state index contributed by atoms with van der Waals surface area (Å²) in [5.74, 6) is 3.28. The largest absolute Gasteiger partial charge is 0.396 e. The second-order valence-electron chi connectivity index (χ2n) is 5.50. The van der Waals surface area contributed by atoms with E-state index in [0.29, 0.717) is 5.92 Å². The summed E-state index contributed by atoms with van der Waals surface area (Å²) in [6, 6.07) is 0. The number of aryl methyl sites for hydroxylation is 1. The number of hydrogen-bond donors (Lipinski definition) is 2. The van der Waals surface area contributed by atoms with Gasteiger partial charge >= 0.3 is 0 Å². The van der Waals surface area contributed by atoms with E-state index in [1.165, 1.54) is 0 Å². The van der Waals surface area contributed by atoms with E-state index in [1.54, 1.807) is 0 Å². The van der Waals surface area contributed by atoms with Crippen LogP contribution in [-0.2, 0) is 6.42 Å². The van der Waals surface area contributed by atoms with Gasteiger partial charge in [0.15, 0.2) is 0 Å². The van der Waals surface area contributed by atoms with Gasteiger partial charge in [0, 0.05) is 44.1 Å². The lowest BCUT2D eigenvalue weighted by Gasteiger charge is -2.22. The highest BCUT2D eigenvalue weighted by atomic mass is 16.3. The minimum atomic E-state index is 0.266. The molecule has 0 aromatic carbocycles. The Balaban J connectivity index is 2.30. The second-order valence-corrected chi connectivity index (χ2v) is 5.50. The molecule has 2 heterocycles. The van der Waals surface area contributed by atoms with Crippen molar-refractivity contribution in [2.45, 2.75) is 40.0 Å². The standard InChI is InChI=1S/C15H26N4O/c1-4-6-13-17-14(16-5-2)11(3)15(18-13)19-8-7-12(9-19)10-20/h12,20H,4-10H2,1-3H3,(H,16,17,18). The highest BCUT2D eigenvalue weighted by Crippen LogP contribution is 2.28. The first-order valence-electron chi connectivity index (χ1n) is 7.66. The lowest BCUT2D eigenvalue weighted by Crippen LogP contribution is -2.24. The Morgan fingerprint density at radius 3 is 2.75 bits per heavy atom. The lowest BCUT2D eigenvalue weighted by atomic mass is 10.1. The van der Waals surface area contributed by atoms with Crippen molar-refractivity contribution in [1.29, 1.82) is 0 Å². The fraction of sp³-hybridized carbons (Fsp3) is 0.733. The number of nitrogens with one attached hydrogen (secondary N) is 1. The van der Waals surface area contributed by atoms with Gasteiger partial charge in [0.25, 0.3) is 0 Å². The maximum absolute atomic E-state index is 9.31. The first kappa shape index (κ1) is 15.0. The molecule has 0 amide bonds. The average molecular weight is 278 g/mol. The molecule has 5 nitrogen and oxygen atoms in total. The molecule has 1 aliphatic rings. The normalized spacial score (nSPS) is 18.6. The van der Waals surface area contributed by atoms with Crippen LogP contribution in [0.5, 0.6) is 0 Å². The number of nitrogens with zero attached hydrogens (tertiary/aromatic N) is 3. The number of hydrogen-bond acceptors (Lipinski definition) is 5. The van der Waals surface area contributed by atoms with Crippen LogP contribution >= 0.6 is 0 Å². The minimum Gasteiger partial charge on any atom is -0.396 e. The van der Waals surface area contributed by atoms with Crippen LogP contribution in [0.1, 0.15) is 38.1 Å². The molecular weight excluding hydrogens is 252 g/mol. The number of aliphatic hydroxyl groups is 1. The van der Waals surface area contributed by atoms with Crippen molar-refractivity contribution in [3.63, 3.8) is 0 Å². The van der Waals surface area contributed by atoms with Crippen molar-refractivity contribution < 1.29 is 5.11 Å². The smallest absolute Gasteiger partial charge is 0.137 e. The topological polar surface area (TPSA) is 61.3 Å². The molecule has 1 unspecified atom stereocenters. The van der Waals surface area contributed by atoms with E-state index in [1.807, 2.05) is 0 Å². The molecule has 112 valence electrons. The van der Waals surface area contributed by atoms with Crippen molar-refractivity contribution >= 4 is 11.6 Å². The Bertz CT molecular complexity index is 450. The van der Waals surface area contributed by atoms with Crippen LogP contribution in [-0.4, -0.2) is 41.3 Å². The summed E-state index contributed by atoms with van der Waals surface area (Å²) in [4.78, 5) is 11.7. The van der Waals surface area contributed by atoms with Crippen LogP contribution in [0.2, 0.25) is 0 Å². The van der Waals surface area contributed by atoms with Crippen molar-refractivity contribution in [3.05, 3.63) is 11.4 Å². The SMILES string of the molecule is CCCc1nc(NCC)c(C)c(N2CCC(CO)C2)n1. The van der Waals surface area contributed by atoms with E-state index < -0.39 is 0 Å². The molecule has 1 aromatic rings. The molecule has 0 aliphatic carbocycles. The van der Waals surface area contributed by atoms with Crippen LogP contribution in [0.4, 0.5) is 11.6 Å². The van der Waals surface area contributed by atoms with Crippen LogP contribution in [0.25, 0.3) is 0 Å². The molecule has 2 N–H and O–H groups in total. The number of rotatable bonds is 6. The molecule has 0 saturated carbocycles. The van der Waals surface area contributed by atoms with E-state index in [4.69, 9.17) is 4.98 Å². The quantitative estimate of drug-likeness (QED) is 0.833. The summed E-state index contributed by atoms with van der Waals surface area (Å²) < 4.78 is 0. The fourth-order valence-electron chi connectivity index (χ4n) is 2.71. The van der Waals surface area contributed by atoms with Crippen molar-refractivity contribution in [1.82, 2.24) is 9.97 Å². The van der Waals surface area contributed by atoms with Gasteiger partial charge in [-0.3, -0.25) is 0 Å². The van der Waals surface area contributed by atoms with Crippen molar-refractivity contribution in [2.75, 3.05) is 36.5 Å². The Hall–Kier alpha value is -1.36. The summed E-state index contributed by atoms with van der Waals surface area (Å²) in [7, 11) is 0. The molecule has 0 radical (unpaired) electrons. The summed E-state index contributed by atoms with van der Waals surface area (Å²) in [5, 5.41) is 12.6. The molecule has 1 fully saturated rings. The number of anilines is 2. The molecule has 2 rings (SSSR count). The van der Waals surface area contributed by atoms with Gasteiger partial charge in [-0.2, -0.15) is 0 Å². The highest BCUT2D eigenvalue weighted by Gasteiger charge is 2.25. The van der Waals surface area contributed by atoms with Gasteiger partial charge in [0.05, 0.1) is 0 Å². The molecule has 1 saturated heterocycles. The van der Waals surface area contributed by atoms with Gasteiger partial charge in [-0.25, -0.2) is 9.97 Å². The van der Waals surface area contributed by atoms with Crippen LogP contribution in [0, 0.1) is 12.8 Å². The lowest BCUT2D eigenvalue weighted by molar-refractivity contribution is 0.238. The Kier molecular flexibility index (Phi) is 5.17. The third kappa shape index (κ3) is 3.20. The minimum absolute atomic E-state index is 0.266. The molecule has 5 heteroatoms. The average Bonchev–Trinajstić information content (AvgIpc) is 2.91. The summed E-state index contributed by atoms with van der Waals surface area (Å²) in [6.45, 7) is 9.30. The summed E-state index contributed by atoms with van der Waals surface area (Å²) >= 11 is 0. The molecule has 0 bridgehead atoms. The number of aromatic nitrogens is 2. The van der Waals surface area contributed by atoms with Gasteiger partial charge in [0.1, 0.15) is 17.5 Å². The van der Waals surface area contributed by atoms with Gasteiger partial charge in [-0.15, -0.1) is 0 Å². The molecule has 1 atom stereocenters. The van der Waals surface area contributed by atoms with E-state index in [0.717, 1.165) is 61.9 Å². The van der Waals surface area contributed by atoms with Gasteiger partial charge in [-0.1, -0.05) is 6.92 Å². The number of aliphatic hydroxyl groups excluding tert-OH is 1. The van der Waals surface area contributed by atoms with Crippen LogP contribution < -0.4 is 10.2 Å². The van der Waals surface area contributed by atoms with E-state index in [9.17, 15) is 5.11 Å². The van der Waals surface area contributed by atoms with E-state index >= 15 is 0 Å². The van der Waals surface area contributed by atoms with Crippen LogP contribution in [0.15, 0.2) is 0 Å². The third-order valence-corrected chi connectivity index (χ3v) is 3.83. The molecule has 20 heavy (non-hydrogen) atoms. The fourth-order valence-corrected chi connectivity index (χ4v) is 2.71. The Labute approximate surface area is 121 Å². The monoisotopic (exact) mass is 278 g/mol. The van der Waals surface area contributed by atoms with Gasteiger partial charge < -0.3 is 15.3 Å². The second kappa shape index (κ2) is 6.88. The zero-order valence-corrected chi connectivity index (χ0v) is 12.8. The van der Waals surface area contributed by atoms with Gasteiger partial charge in [0.2, 0.25) is 0 Å². The Morgan fingerprint density at radius 2 is 2.15 bits per heavy atom. The molecular formula is C15H26N4O. The zero-order valence-electron chi connectivity index (χ0n) is 12.8. The highest BCUT2D eigenvalue weighted by molar-refractivity contribution is 5.59. The van der Waals surface area contributed by atoms with Crippen molar-refractivity contribution in [2.24, 2.45) is 5.92 Å². The third-order valence-electron chi connectivity index (χ3n) is 3.83. The predicted octanol–water partition coefficient (Wildman–Crippen LogP) is 1.99. The van der Waals surface area contributed by atoms with Crippen LogP contribution in [0.3, 0.4) is 0 Å².